The molecule has 0 unspecified atom stereocenters. The van der Waals surface area contributed by atoms with Gasteiger partial charge < -0.3 is 14.8 Å². The highest BCUT2D eigenvalue weighted by Gasteiger charge is 2.17. The molecule has 0 heterocycles. The molecule has 0 atom stereocenters. The first-order valence-electron chi connectivity index (χ1n) is 8.94. The third kappa shape index (κ3) is 7.81. The standard InChI is InChI=1S/C21H27N3O3/c1-5-22-19(24-20(25)27-21(2,3)4)23-17-11-13-18(14-12-17)26-15-16-9-7-6-8-10-16/h6-14H,5,15H2,1-4H3,(H2,22,23,24,25). The summed E-state index contributed by atoms with van der Waals surface area (Å²) in [6.07, 6.45) is -0.551. The molecule has 0 saturated carbocycles. The quantitative estimate of drug-likeness (QED) is 0.598. The van der Waals surface area contributed by atoms with Gasteiger partial charge in [0.1, 0.15) is 18.0 Å². The SMILES string of the molecule is CCN=C(NC(=O)OC(C)(C)C)Nc1ccc(OCc2ccccc2)cc1. The van der Waals surface area contributed by atoms with Crippen molar-refractivity contribution < 1.29 is 14.3 Å². The lowest BCUT2D eigenvalue weighted by atomic mass is 10.2. The van der Waals surface area contributed by atoms with E-state index in [0.29, 0.717) is 19.1 Å². The van der Waals surface area contributed by atoms with E-state index in [2.05, 4.69) is 15.6 Å². The molecule has 2 aromatic rings. The van der Waals surface area contributed by atoms with Gasteiger partial charge in [0.05, 0.1) is 0 Å². The number of anilines is 1. The summed E-state index contributed by atoms with van der Waals surface area (Å²) in [6, 6.07) is 17.4. The van der Waals surface area contributed by atoms with E-state index in [0.717, 1.165) is 17.0 Å². The summed E-state index contributed by atoms with van der Waals surface area (Å²) in [5.41, 5.74) is 1.32. The van der Waals surface area contributed by atoms with Gasteiger partial charge in [0.2, 0.25) is 5.96 Å². The molecule has 0 spiro atoms. The van der Waals surface area contributed by atoms with Crippen LogP contribution >= 0.6 is 0 Å². The van der Waals surface area contributed by atoms with E-state index in [1.807, 2.05) is 82.3 Å². The van der Waals surface area contributed by atoms with Crippen molar-refractivity contribution in [1.82, 2.24) is 5.32 Å². The molecule has 0 saturated heterocycles. The van der Waals surface area contributed by atoms with Gasteiger partial charge in [0, 0.05) is 12.2 Å². The molecule has 0 aliphatic heterocycles. The first-order valence-corrected chi connectivity index (χ1v) is 8.94. The van der Waals surface area contributed by atoms with Crippen LogP contribution in [0.15, 0.2) is 59.6 Å². The van der Waals surface area contributed by atoms with Gasteiger partial charge in [-0.3, -0.25) is 10.3 Å². The fourth-order valence-corrected chi connectivity index (χ4v) is 2.18. The predicted octanol–water partition coefficient (Wildman–Crippen LogP) is 4.58. The van der Waals surface area contributed by atoms with Crippen molar-refractivity contribution in [3.63, 3.8) is 0 Å². The highest BCUT2D eigenvalue weighted by molar-refractivity contribution is 6.02. The lowest BCUT2D eigenvalue weighted by Crippen LogP contribution is -2.40. The third-order valence-corrected chi connectivity index (χ3v) is 3.30. The number of guanidine groups is 1. The van der Waals surface area contributed by atoms with E-state index >= 15 is 0 Å². The Kier molecular flexibility index (Phi) is 7.23. The van der Waals surface area contributed by atoms with Crippen LogP contribution in [-0.2, 0) is 11.3 Å². The van der Waals surface area contributed by atoms with E-state index in [1.165, 1.54) is 0 Å². The number of rotatable bonds is 5. The van der Waals surface area contributed by atoms with Gasteiger partial charge >= 0.3 is 6.09 Å². The maximum atomic E-state index is 11.9. The molecule has 0 fully saturated rings. The summed E-state index contributed by atoms with van der Waals surface area (Å²) in [5, 5.41) is 5.71. The van der Waals surface area contributed by atoms with Crippen LogP contribution in [0.2, 0.25) is 0 Å². The van der Waals surface area contributed by atoms with Crippen LogP contribution in [0.4, 0.5) is 10.5 Å². The van der Waals surface area contributed by atoms with Gasteiger partial charge in [0.15, 0.2) is 0 Å². The highest BCUT2D eigenvalue weighted by atomic mass is 16.6. The van der Waals surface area contributed by atoms with Gasteiger partial charge in [-0.2, -0.15) is 0 Å². The monoisotopic (exact) mass is 369 g/mol. The first-order chi connectivity index (χ1) is 12.9. The molecule has 0 aliphatic carbocycles. The Bertz CT molecular complexity index is 750. The Morgan fingerprint density at radius 3 is 2.30 bits per heavy atom. The Balaban J connectivity index is 1.92. The number of benzene rings is 2. The number of alkyl carbamates (subject to hydrolysis) is 1. The molecule has 27 heavy (non-hydrogen) atoms. The van der Waals surface area contributed by atoms with E-state index in [1.54, 1.807) is 0 Å². The molecule has 2 aromatic carbocycles. The van der Waals surface area contributed by atoms with Crippen LogP contribution in [0.5, 0.6) is 5.75 Å². The number of ether oxygens (including phenoxy) is 2. The van der Waals surface area contributed by atoms with Crippen molar-refractivity contribution >= 4 is 17.7 Å². The van der Waals surface area contributed by atoms with Crippen LogP contribution in [-0.4, -0.2) is 24.2 Å². The fraction of sp³-hybridized carbons (Fsp3) is 0.333. The molecule has 0 radical (unpaired) electrons. The second-order valence-electron chi connectivity index (χ2n) is 6.87. The lowest BCUT2D eigenvalue weighted by molar-refractivity contribution is 0.0563. The Morgan fingerprint density at radius 1 is 1.04 bits per heavy atom. The second kappa shape index (κ2) is 9.62. The Morgan fingerprint density at radius 2 is 1.70 bits per heavy atom. The number of hydrogen-bond donors (Lipinski definition) is 2. The van der Waals surface area contributed by atoms with Gasteiger partial charge in [-0.1, -0.05) is 30.3 Å². The van der Waals surface area contributed by atoms with E-state index in [-0.39, 0.29) is 0 Å². The number of nitrogens with zero attached hydrogens (tertiary/aromatic N) is 1. The van der Waals surface area contributed by atoms with Gasteiger partial charge in [-0.15, -0.1) is 0 Å². The summed E-state index contributed by atoms with van der Waals surface area (Å²) in [6.45, 7) is 8.35. The van der Waals surface area contributed by atoms with Gasteiger partial charge in [-0.25, -0.2) is 4.79 Å². The van der Waals surface area contributed by atoms with Crippen LogP contribution in [0.3, 0.4) is 0 Å². The molecule has 0 aliphatic rings. The maximum absolute atomic E-state index is 11.9. The molecular weight excluding hydrogens is 342 g/mol. The molecule has 6 nitrogen and oxygen atoms in total. The Hall–Kier alpha value is -3.02. The number of carbonyl (C=O) groups is 1. The molecule has 2 N–H and O–H groups in total. The summed E-state index contributed by atoms with van der Waals surface area (Å²) >= 11 is 0. The number of aliphatic imine (C=N–C) groups is 1. The summed E-state index contributed by atoms with van der Waals surface area (Å²) in [7, 11) is 0. The maximum Gasteiger partial charge on any atom is 0.414 e. The molecule has 0 aromatic heterocycles. The third-order valence-electron chi connectivity index (χ3n) is 3.30. The largest absolute Gasteiger partial charge is 0.489 e. The molecule has 1 amide bonds. The predicted molar refractivity (Wildman–Crippen MR) is 108 cm³/mol. The topological polar surface area (TPSA) is 72.0 Å². The number of hydrogen-bond acceptors (Lipinski definition) is 4. The van der Waals surface area contributed by atoms with Crippen molar-refractivity contribution in [2.75, 3.05) is 11.9 Å². The zero-order valence-corrected chi connectivity index (χ0v) is 16.3. The first kappa shape index (κ1) is 20.3. The van der Waals surface area contributed by atoms with E-state index in [4.69, 9.17) is 9.47 Å². The van der Waals surface area contributed by atoms with E-state index in [9.17, 15) is 4.79 Å². The van der Waals surface area contributed by atoms with Crippen molar-refractivity contribution in [1.29, 1.82) is 0 Å². The minimum Gasteiger partial charge on any atom is -0.489 e. The molecule has 6 heteroatoms. The van der Waals surface area contributed by atoms with Crippen molar-refractivity contribution in [3.8, 4) is 5.75 Å². The summed E-state index contributed by atoms with van der Waals surface area (Å²) < 4.78 is 11.0. The lowest BCUT2D eigenvalue weighted by Gasteiger charge is -2.20. The minimum atomic E-state index is -0.570. The van der Waals surface area contributed by atoms with Gasteiger partial charge in [-0.05, 0) is 57.5 Å². The van der Waals surface area contributed by atoms with Crippen LogP contribution < -0.4 is 15.4 Å². The van der Waals surface area contributed by atoms with Crippen LogP contribution in [0.1, 0.15) is 33.3 Å². The zero-order valence-electron chi connectivity index (χ0n) is 16.3. The smallest absolute Gasteiger partial charge is 0.414 e. The summed E-state index contributed by atoms with van der Waals surface area (Å²) in [4.78, 5) is 16.2. The highest BCUT2D eigenvalue weighted by Crippen LogP contribution is 2.17. The van der Waals surface area contributed by atoms with Crippen LogP contribution in [0.25, 0.3) is 0 Å². The molecule has 2 rings (SSSR count). The second-order valence-corrected chi connectivity index (χ2v) is 6.87. The zero-order chi connectivity index (χ0) is 19.7. The molecular formula is C21H27N3O3. The average Bonchev–Trinajstić information content (AvgIpc) is 2.60. The van der Waals surface area contributed by atoms with Crippen LogP contribution in [0, 0.1) is 0 Å². The number of amides is 1. The molecule has 144 valence electrons. The van der Waals surface area contributed by atoms with Crippen molar-refractivity contribution in [2.24, 2.45) is 4.99 Å². The van der Waals surface area contributed by atoms with E-state index < -0.39 is 11.7 Å². The number of nitrogens with one attached hydrogen (secondary N) is 2. The van der Waals surface area contributed by atoms with Gasteiger partial charge in [0.25, 0.3) is 0 Å². The average molecular weight is 369 g/mol. The number of carbonyl (C=O) groups excluding carboxylic acids is 1. The normalized spacial score (nSPS) is 11.6. The fourth-order valence-electron chi connectivity index (χ4n) is 2.18. The van der Waals surface area contributed by atoms with Crippen molar-refractivity contribution in [2.45, 2.75) is 39.9 Å². The minimum absolute atomic E-state index is 0.338. The molecule has 0 bridgehead atoms. The van der Waals surface area contributed by atoms with Crippen molar-refractivity contribution in [3.05, 3.63) is 60.2 Å². The summed E-state index contributed by atoms with van der Waals surface area (Å²) in [5.74, 6) is 1.10. The Labute approximate surface area is 160 Å².